The predicted molar refractivity (Wildman–Crippen MR) is 113 cm³/mol. The molecule has 2 aromatic carbocycles. The van der Waals surface area contributed by atoms with Crippen molar-refractivity contribution in [1.29, 1.82) is 0 Å². The number of aliphatic imine (C=N–C) groups is 1. The van der Waals surface area contributed by atoms with Crippen LogP contribution in [0.25, 0.3) is 0 Å². The summed E-state index contributed by atoms with van der Waals surface area (Å²) in [5, 5.41) is 6.57. The van der Waals surface area contributed by atoms with Gasteiger partial charge in [-0.1, -0.05) is 29.8 Å². The molecule has 6 nitrogen and oxygen atoms in total. The molecule has 28 heavy (non-hydrogen) atoms. The number of hydrogen-bond donors (Lipinski definition) is 2. The zero-order valence-electron chi connectivity index (χ0n) is 17.2. The summed E-state index contributed by atoms with van der Waals surface area (Å²) in [6.45, 7) is 7.01. The summed E-state index contributed by atoms with van der Waals surface area (Å²) in [6, 6.07) is 14.2. The smallest absolute Gasteiger partial charge is 0.191 e. The second-order valence-electron chi connectivity index (χ2n) is 6.47. The lowest BCUT2D eigenvalue weighted by molar-refractivity contribution is 0.145. The van der Waals surface area contributed by atoms with Crippen LogP contribution in [0.3, 0.4) is 0 Å². The Labute approximate surface area is 167 Å². The molecule has 152 valence electrons. The van der Waals surface area contributed by atoms with E-state index in [1.54, 1.807) is 14.2 Å². The molecule has 0 aliphatic heterocycles. The number of nitrogens with one attached hydrogen (secondary N) is 2. The summed E-state index contributed by atoms with van der Waals surface area (Å²) in [7, 11) is 3.42. The first-order valence-corrected chi connectivity index (χ1v) is 9.47. The van der Waals surface area contributed by atoms with E-state index >= 15 is 0 Å². The van der Waals surface area contributed by atoms with E-state index in [0.29, 0.717) is 32.9 Å². The molecule has 0 atom stereocenters. The first-order chi connectivity index (χ1) is 13.6. The Morgan fingerprint density at radius 2 is 1.64 bits per heavy atom. The van der Waals surface area contributed by atoms with Gasteiger partial charge >= 0.3 is 0 Å². The van der Waals surface area contributed by atoms with Gasteiger partial charge in [0, 0.05) is 26.3 Å². The topological polar surface area (TPSA) is 64.1 Å². The minimum absolute atomic E-state index is 0.524. The second-order valence-corrected chi connectivity index (χ2v) is 6.47. The highest BCUT2D eigenvalue weighted by Gasteiger charge is 2.06. The van der Waals surface area contributed by atoms with Gasteiger partial charge in [-0.3, -0.25) is 4.99 Å². The molecule has 6 heteroatoms. The van der Waals surface area contributed by atoms with E-state index in [-0.39, 0.29) is 0 Å². The van der Waals surface area contributed by atoms with Gasteiger partial charge in [0.05, 0.1) is 13.2 Å². The average Bonchev–Trinajstić information content (AvgIpc) is 2.70. The maximum Gasteiger partial charge on any atom is 0.191 e. The zero-order valence-corrected chi connectivity index (χ0v) is 17.2. The normalized spacial score (nSPS) is 11.2. The highest BCUT2D eigenvalue weighted by molar-refractivity contribution is 5.79. The van der Waals surface area contributed by atoms with Gasteiger partial charge in [-0.05, 0) is 37.6 Å². The van der Waals surface area contributed by atoms with Crippen molar-refractivity contribution < 1.29 is 14.2 Å². The van der Waals surface area contributed by atoms with Crippen LogP contribution in [0, 0.1) is 13.8 Å². The van der Waals surface area contributed by atoms with Crippen molar-refractivity contribution in [1.82, 2.24) is 10.6 Å². The third kappa shape index (κ3) is 7.48. The molecule has 2 N–H and O–H groups in total. The lowest BCUT2D eigenvalue weighted by Gasteiger charge is -2.15. The SMILES string of the molecule is CN=C(NCCOc1ccc(C)cc1)NCc1ccc(C)cc1OCCOC. The van der Waals surface area contributed by atoms with Crippen LogP contribution in [0.5, 0.6) is 11.5 Å². The zero-order chi connectivity index (χ0) is 20.2. The van der Waals surface area contributed by atoms with Crippen LogP contribution in [0.1, 0.15) is 16.7 Å². The molecule has 0 aromatic heterocycles. The highest BCUT2D eigenvalue weighted by atomic mass is 16.5. The molecule has 0 bridgehead atoms. The molecule has 0 aliphatic carbocycles. The van der Waals surface area contributed by atoms with Crippen LogP contribution < -0.4 is 20.1 Å². The van der Waals surface area contributed by atoms with Gasteiger partial charge in [-0.2, -0.15) is 0 Å². The van der Waals surface area contributed by atoms with E-state index in [2.05, 4.69) is 41.6 Å². The minimum Gasteiger partial charge on any atom is -0.492 e. The molecular weight excluding hydrogens is 354 g/mol. The highest BCUT2D eigenvalue weighted by Crippen LogP contribution is 2.20. The summed E-state index contributed by atoms with van der Waals surface area (Å²) in [6.07, 6.45) is 0. The Morgan fingerprint density at radius 3 is 2.36 bits per heavy atom. The van der Waals surface area contributed by atoms with Gasteiger partial charge in [0.1, 0.15) is 24.7 Å². The number of methoxy groups -OCH3 is 1. The maximum atomic E-state index is 5.83. The molecular formula is C22H31N3O3. The number of aryl methyl sites for hydroxylation is 2. The Morgan fingerprint density at radius 1 is 0.893 bits per heavy atom. The molecule has 0 spiro atoms. The molecule has 0 fully saturated rings. The first-order valence-electron chi connectivity index (χ1n) is 9.47. The number of nitrogens with zero attached hydrogens (tertiary/aromatic N) is 1. The summed E-state index contributed by atoms with van der Waals surface area (Å²) < 4.78 is 16.6. The number of hydrogen-bond acceptors (Lipinski definition) is 4. The van der Waals surface area contributed by atoms with Gasteiger partial charge < -0.3 is 24.8 Å². The molecule has 0 unspecified atom stereocenters. The van der Waals surface area contributed by atoms with E-state index in [9.17, 15) is 0 Å². The van der Waals surface area contributed by atoms with Gasteiger partial charge in [-0.25, -0.2) is 0 Å². The fourth-order valence-corrected chi connectivity index (χ4v) is 2.55. The van der Waals surface area contributed by atoms with E-state index in [1.165, 1.54) is 5.56 Å². The standard InChI is InChI=1S/C22H31N3O3/c1-17-6-9-20(10-7-17)27-12-11-24-22(23-3)25-16-19-8-5-18(2)15-21(19)28-14-13-26-4/h5-10,15H,11-14,16H2,1-4H3,(H2,23,24,25). The van der Waals surface area contributed by atoms with Crippen molar-refractivity contribution in [2.24, 2.45) is 4.99 Å². The van der Waals surface area contributed by atoms with Gasteiger partial charge in [0.25, 0.3) is 0 Å². The lowest BCUT2D eigenvalue weighted by atomic mass is 10.1. The van der Waals surface area contributed by atoms with Crippen molar-refractivity contribution in [3.8, 4) is 11.5 Å². The fourth-order valence-electron chi connectivity index (χ4n) is 2.55. The Kier molecular flexibility index (Phi) is 9.15. The van der Waals surface area contributed by atoms with Crippen molar-refractivity contribution in [2.75, 3.05) is 40.5 Å². The van der Waals surface area contributed by atoms with Crippen LogP contribution in [-0.2, 0) is 11.3 Å². The van der Waals surface area contributed by atoms with Crippen LogP contribution in [0.2, 0.25) is 0 Å². The quantitative estimate of drug-likeness (QED) is 0.374. The van der Waals surface area contributed by atoms with Crippen LogP contribution in [0.15, 0.2) is 47.5 Å². The largest absolute Gasteiger partial charge is 0.492 e. The Bertz CT molecular complexity index is 745. The molecule has 0 amide bonds. The van der Waals surface area contributed by atoms with E-state index in [0.717, 1.165) is 28.6 Å². The van der Waals surface area contributed by atoms with Gasteiger partial charge in [0.15, 0.2) is 5.96 Å². The molecule has 0 aliphatic rings. The summed E-state index contributed by atoms with van der Waals surface area (Å²) in [5.74, 6) is 2.45. The lowest BCUT2D eigenvalue weighted by Crippen LogP contribution is -2.39. The predicted octanol–water partition coefficient (Wildman–Crippen LogP) is 3.07. The van der Waals surface area contributed by atoms with E-state index < -0.39 is 0 Å². The minimum atomic E-state index is 0.524. The van der Waals surface area contributed by atoms with Crippen molar-refractivity contribution in [2.45, 2.75) is 20.4 Å². The molecule has 2 rings (SSSR count). The maximum absolute atomic E-state index is 5.83. The van der Waals surface area contributed by atoms with Gasteiger partial charge in [-0.15, -0.1) is 0 Å². The van der Waals surface area contributed by atoms with Crippen LogP contribution >= 0.6 is 0 Å². The van der Waals surface area contributed by atoms with Crippen molar-refractivity contribution in [3.63, 3.8) is 0 Å². The molecule has 0 radical (unpaired) electrons. The second kappa shape index (κ2) is 11.9. The van der Waals surface area contributed by atoms with E-state index in [1.807, 2.05) is 30.3 Å². The Hall–Kier alpha value is -2.73. The third-order valence-corrected chi connectivity index (χ3v) is 4.12. The van der Waals surface area contributed by atoms with E-state index in [4.69, 9.17) is 14.2 Å². The third-order valence-electron chi connectivity index (χ3n) is 4.12. The van der Waals surface area contributed by atoms with Crippen molar-refractivity contribution >= 4 is 5.96 Å². The average molecular weight is 386 g/mol. The number of guanidine groups is 1. The summed E-state index contributed by atoms with van der Waals surface area (Å²) in [4.78, 5) is 4.26. The van der Waals surface area contributed by atoms with Crippen LogP contribution in [0.4, 0.5) is 0 Å². The molecule has 0 saturated carbocycles. The van der Waals surface area contributed by atoms with Crippen molar-refractivity contribution in [3.05, 3.63) is 59.2 Å². The molecule has 0 saturated heterocycles. The summed E-state index contributed by atoms with van der Waals surface area (Å²) in [5.41, 5.74) is 3.45. The molecule has 0 heterocycles. The molecule has 2 aromatic rings. The number of benzene rings is 2. The number of rotatable bonds is 10. The monoisotopic (exact) mass is 385 g/mol. The Balaban J connectivity index is 1.79. The fraction of sp³-hybridized carbons (Fsp3) is 0.409. The van der Waals surface area contributed by atoms with Crippen LogP contribution in [-0.4, -0.2) is 46.5 Å². The number of ether oxygens (including phenoxy) is 3. The summed E-state index contributed by atoms with van der Waals surface area (Å²) >= 11 is 0. The first kappa shape index (κ1) is 21.6. The van der Waals surface area contributed by atoms with Gasteiger partial charge in [0.2, 0.25) is 0 Å².